The van der Waals surface area contributed by atoms with Gasteiger partial charge in [0, 0.05) is 19.7 Å². The zero-order valence-corrected chi connectivity index (χ0v) is 10.1. The molecule has 0 radical (unpaired) electrons. The Kier molecular flexibility index (Phi) is 10.5. The Morgan fingerprint density at radius 2 is 1.79 bits per heavy atom. The van der Waals surface area contributed by atoms with Crippen LogP contribution in [0, 0.1) is 0 Å². The van der Waals surface area contributed by atoms with Gasteiger partial charge in [0.1, 0.15) is 0 Å². The number of thiocarbonyl (C=S) groups is 1. The Bertz CT molecular complexity index is 142. The van der Waals surface area contributed by atoms with Gasteiger partial charge in [0.25, 0.3) is 0 Å². The summed E-state index contributed by atoms with van der Waals surface area (Å²) in [6, 6.07) is 0. The Labute approximate surface area is 92.6 Å². The first-order valence-corrected chi connectivity index (χ1v) is 5.81. The molecule has 2 N–H and O–H groups in total. The van der Waals surface area contributed by atoms with Gasteiger partial charge in [-0.05, 0) is 25.1 Å². The first-order chi connectivity index (χ1) is 6.81. The molecule has 0 rings (SSSR count). The molecule has 0 aromatic rings. The number of unbranched alkanes of at least 4 members (excludes halogenated alkanes) is 1. The SMILES string of the molecule is CCCCOCCNC(=S)NCCC. The van der Waals surface area contributed by atoms with Gasteiger partial charge in [0.05, 0.1) is 6.61 Å². The molecule has 0 aromatic heterocycles. The molecule has 0 heterocycles. The second kappa shape index (κ2) is 10.7. The number of nitrogens with one attached hydrogen (secondary N) is 2. The summed E-state index contributed by atoms with van der Waals surface area (Å²) in [5.74, 6) is 0. The molecule has 3 nitrogen and oxygen atoms in total. The standard InChI is InChI=1S/C10H22N2OS/c1-3-5-8-13-9-7-12-10(14)11-6-4-2/h3-9H2,1-2H3,(H2,11,12,14). The lowest BCUT2D eigenvalue weighted by Crippen LogP contribution is -2.37. The second-order valence-electron chi connectivity index (χ2n) is 3.15. The number of rotatable bonds is 8. The normalized spacial score (nSPS) is 9.86. The number of hydrogen-bond acceptors (Lipinski definition) is 2. The quantitative estimate of drug-likeness (QED) is 0.480. The lowest BCUT2D eigenvalue weighted by atomic mass is 10.4. The van der Waals surface area contributed by atoms with E-state index in [9.17, 15) is 0 Å². The van der Waals surface area contributed by atoms with Crippen LogP contribution in [-0.4, -0.2) is 31.4 Å². The zero-order valence-electron chi connectivity index (χ0n) is 9.27. The summed E-state index contributed by atoms with van der Waals surface area (Å²) in [4.78, 5) is 0. The lowest BCUT2D eigenvalue weighted by Gasteiger charge is -2.09. The van der Waals surface area contributed by atoms with E-state index >= 15 is 0 Å². The fourth-order valence-electron chi connectivity index (χ4n) is 0.886. The molecule has 14 heavy (non-hydrogen) atoms. The molecule has 0 saturated carbocycles. The molecule has 0 unspecified atom stereocenters. The molecule has 0 bridgehead atoms. The molecule has 0 aliphatic heterocycles. The van der Waals surface area contributed by atoms with Crippen LogP contribution >= 0.6 is 12.2 Å². The Balaban J connectivity index is 3.07. The van der Waals surface area contributed by atoms with E-state index in [0.717, 1.165) is 44.3 Å². The van der Waals surface area contributed by atoms with Crippen LogP contribution in [0.5, 0.6) is 0 Å². The van der Waals surface area contributed by atoms with Crippen LogP contribution < -0.4 is 10.6 Å². The first-order valence-electron chi connectivity index (χ1n) is 5.40. The topological polar surface area (TPSA) is 33.3 Å². The molecule has 84 valence electrons. The maximum Gasteiger partial charge on any atom is 0.166 e. The van der Waals surface area contributed by atoms with Crippen LogP contribution in [0.3, 0.4) is 0 Å². The molecule has 0 fully saturated rings. The minimum atomic E-state index is 0.728. The minimum Gasteiger partial charge on any atom is -0.380 e. The predicted octanol–water partition coefficient (Wildman–Crippen LogP) is 1.68. The highest BCUT2D eigenvalue weighted by atomic mass is 32.1. The van der Waals surface area contributed by atoms with Crippen LogP contribution in [0.4, 0.5) is 0 Å². The van der Waals surface area contributed by atoms with Crippen molar-refractivity contribution in [1.29, 1.82) is 0 Å². The first kappa shape index (κ1) is 13.7. The van der Waals surface area contributed by atoms with Crippen LogP contribution in [0.25, 0.3) is 0 Å². The third kappa shape index (κ3) is 9.74. The molecule has 0 atom stereocenters. The maximum atomic E-state index is 5.38. The van der Waals surface area contributed by atoms with E-state index in [-0.39, 0.29) is 0 Å². The van der Waals surface area contributed by atoms with Gasteiger partial charge in [-0.25, -0.2) is 0 Å². The van der Waals surface area contributed by atoms with Crippen molar-refractivity contribution in [1.82, 2.24) is 10.6 Å². The van der Waals surface area contributed by atoms with E-state index in [0.29, 0.717) is 0 Å². The van der Waals surface area contributed by atoms with Gasteiger partial charge in [-0.1, -0.05) is 20.3 Å². The molecular formula is C10H22N2OS. The van der Waals surface area contributed by atoms with E-state index in [2.05, 4.69) is 24.5 Å². The second-order valence-corrected chi connectivity index (χ2v) is 3.56. The van der Waals surface area contributed by atoms with Gasteiger partial charge in [0.2, 0.25) is 0 Å². The highest BCUT2D eigenvalue weighted by molar-refractivity contribution is 7.80. The van der Waals surface area contributed by atoms with Gasteiger partial charge < -0.3 is 15.4 Å². The molecular weight excluding hydrogens is 196 g/mol. The number of ether oxygens (including phenoxy) is 1. The minimum absolute atomic E-state index is 0.728. The third-order valence-corrected chi connectivity index (χ3v) is 2.00. The van der Waals surface area contributed by atoms with Crippen LogP contribution in [-0.2, 0) is 4.74 Å². The van der Waals surface area contributed by atoms with Gasteiger partial charge >= 0.3 is 0 Å². The fraction of sp³-hybridized carbons (Fsp3) is 0.900. The van der Waals surface area contributed by atoms with Crippen LogP contribution in [0.1, 0.15) is 33.1 Å². The molecule has 0 aromatic carbocycles. The Morgan fingerprint density at radius 1 is 1.07 bits per heavy atom. The summed E-state index contributed by atoms with van der Waals surface area (Å²) in [6.45, 7) is 7.58. The summed E-state index contributed by atoms with van der Waals surface area (Å²) in [6.07, 6.45) is 3.41. The largest absolute Gasteiger partial charge is 0.380 e. The van der Waals surface area contributed by atoms with Crippen molar-refractivity contribution in [3.8, 4) is 0 Å². The maximum absolute atomic E-state index is 5.38. The van der Waals surface area contributed by atoms with E-state index in [1.165, 1.54) is 6.42 Å². The molecule has 0 spiro atoms. The third-order valence-electron chi connectivity index (χ3n) is 1.71. The Hall–Kier alpha value is -0.350. The molecule has 0 aliphatic carbocycles. The molecule has 0 aliphatic rings. The summed E-state index contributed by atoms with van der Waals surface area (Å²) < 4.78 is 5.38. The van der Waals surface area contributed by atoms with Gasteiger partial charge in [-0.15, -0.1) is 0 Å². The average Bonchev–Trinajstić information content (AvgIpc) is 2.20. The lowest BCUT2D eigenvalue weighted by molar-refractivity contribution is 0.136. The van der Waals surface area contributed by atoms with Crippen LogP contribution in [0.2, 0.25) is 0 Å². The van der Waals surface area contributed by atoms with Crippen molar-refractivity contribution < 1.29 is 4.74 Å². The highest BCUT2D eigenvalue weighted by Gasteiger charge is 1.92. The summed E-state index contributed by atoms with van der Waals surface area (Å²) in [7, 11) is 0. The van der Waals surface area contributed by atoms with Crippen molar-refractivity contribution in [2.45, 2.75) is 33.1 Å². The summed E-state index contributed by atoms with van der Waals surface area (Å²) in [5.41, 5.74) is 0. The monoisotopic (exact) mass is 218 g/mol. The van der Waals surface area contributed by atoms with Crippen molar-refractivity contribution in [3.05, 3.63) is 0 Å². The highest BCUT2D eigenvalue weighted by Crippen LogP contribution is 1.86. The van der Waals surface area contributed by atoms with Crippen molar-refractivity contribution in [2.75, 3.05) is 26.3 Å². The zero-order chi connectivity index (χ0) is 10.6. The van der Waals surface area contributed by atoms with Gasteiger partial charge in [-0.3, -0.25) is 0 Å². The van der Waals surface area contributed by atoms with Crippen molar-refractivity contribution in [2.24, 2.45) is 0 Å². The Morgan fingerprint density at radius 3 is 2.43 bits per heavy atom. The molecule has 0 amide bonds. The average molecular weight is 218 g/mol. The predicted molar refractivity (Wildman–Crippen MR) is 64.6 cm³/mol. The van der Waals surface area contributed by atoms with Crippen molar-refractivity contribution >= 4 is 17.3 Å². The fourth-order valence-corrected chi connectivity index (χ4v) is 1.09. The van der Waals surface area contributed by atoms with Gasteiger partial charge in [-0.2, -0.15) is 0 Å². The van der Waals surface area contributed by atoms with E-state index in [1.807, 2.05) is 0 Å². The summed E-state index contributed by atoms with van der Waals surface area (Å²) >= 11 is 5.04. The van der Waals surface area contributed by atoms with E-state index in [4.69, 9.17) is 17.0 Å². The summed E-state index contributed by atoms with van der Waals surface area (Å²) in [5, 5.41) is 6.92. The van der Waals surface area contributed by atoms with Crippen LogP contribution in [0.15, 0.2) is 0 Å². The van der Waals surface area contributed by atoms with Crippen molar-refractivity contribution in [3.63, 3.8) is 0 Å². The van der Waals surface area contributed by atoms with Gasteiger partial charge in [0.15, 0.2) is 5.11 Å². The van der Waals surface area contributed by atoms with E-state index < -0.39 is 0 Å². The smallest absolute Gasteiger partial charge is 0.166 e. The molecule has 4 heteroatoms. The van der Waals surface area contributed by atoms with E-state index in [1.54, 1.807) is 0 Å². The number of hydrogen-bond donors (Lipinski definition) is 2. The molecule has 0 saturated heterocycles.